The molecule has 4 unspecified atom stereocenters. The van der Waals surface area contributed by atoms with Gasteiger partial charge in [0, 0.05) is 19.3 Å². The van der Waals surface area contributed by atoms with E-state index in [0.29, 0.717) is 28.8 Å². The zero-order valence-corrected chi connectivity index (χ0v) is 17.3. The second kappa shape index (κ2) is 5.45. The minimum Gasteiger partial charge on any atom is -0.496 e. The molecule has 3 aliphatic carbocycles. The molecule has 1 aromatic rings. The van der Waals surface area contributed by atoms with Crippen LogP contribution in [0, 0.1) is 17.3 Å². The van der Waals surface area contributed by atoms with Crippen LogP contribution in [0.1, 0.15) is 57.8 Å². The molecule has 0 N–H and O–H groups in total. The van der Waals surface area contributed by atoms with Crippen LogP contribution in [-0.4, -0.2) is 37.7 Å². The SMILES string of the molecule is COc1ccc(B2OC3CC4CC(C4(C)C)C3(C)O2)c2c1C(=O)OC(C)(C)O2. The maximum absolute atomic E-state index is 12.6. The van der Waals surface area contributed by atoms with Gasteiger partial charge in [0.25, 0.3) is 0 Å². The van der Waals surface area contributed by atoms with Crippen LogP contribution in [0.25, 0.3) is 0 Å². The minimum absolute atomic E-state index is 0.0515. The van der Waals surface area contributed by atoms with Crippen molar-refractivity contribution < 1.29 is 28.3 Å². The molecular formula is C21H27BO6. The van der Waals surface area contributed by atoms with E-state index in [-0.39, 0.29) is 22.7 Å². The lowest BCUT2D eigenvalue weighted by atomic mass is 9.43. The number of carbonyl (C=O) groups excluding carboxylic acids is 1. The summed E-state index contributed by atoms with van der Waals surface area (Å²) in [5.74, 6) is 0.459. The van der Waals surface area contributed by atoms with Gasteiger partial charge in [0.2, 0.25) is 5.79 Å². The predicted molar refractivity (Wildman–Crippen MR) is 103 cm³/mol. The maximum Gasteiger partial charge on any atom is 0.498 e. The van der Waals surface area contributed by atoms with E-state index in [0.717, 1.165) is 6.42 Å². The van der Waals surface area contributed by atoms with Crippen LogP contribution in [0.5, 0.6) is 11.5 Å². The molecule has 28 heavy (non-hydrogen) atoms. The van der Waals surface area contributed by atoms with Gasteiger partial charge in [-0.1, -0.05) is 19.9 Å². The Morgan fingerprint density at radius 1 is 1.11 bits per heavy atom. The van der Waals surface area contributed by atoms with E-state index in [9.17, 15) is 4.79 Å². The topological polar surface area (TPSA) is 63.2 Å². The summed E-state index contributed by atoms with van der Waals surface area (Å²) < 4.78 is 29.8. The summed E-state index contributed by atoms with van der Waals surface area (Å²) in [7, 11) is 0.946. The lowest BCUT2D eigenvalue weighted by molar-refractivity contribution is -0.199. The molecule has 1 saturated heterocycles. The highest BCUT2D eigenvalue weighted by molar-refractivity contribution is 6.63. The number of fused-ring (bicyclic) bond motifs is 1. The Balaban J connectivity index is 1.55. The van der Waals surface area contributed by atoms with Gasteiger partial charge in [0.15, 0.2) is 0 Å². The Hall–Kier alpha value is -1.73. The second-order valence-electron chi connectivity index (χ2n) is 9.75. The number of ether oxygens (including phenoxy) is 3. The molecule has 7 heteroatoms. The van der Waals surface area contributed by atoms with Gasteiger partial charge in [-0.2, -0.15) is 0 Å². The Morgan fingerprint density at radius 2 is 1.86 bits per heavy atom. The van der Waals surface area contributed by atoms with Crippen molar-refractivity contribution in [2.75, 3.05) is 7.11 Å². The van der Waals surface area contributed by atoms with Crippen LogP contribution >= 0.6 is 0 Å². The number of esters is 1. The minimum atomic E-state index is -1.07. The van der Waals surface area contributed by atoms with Gasteiger partial charge in [0.05, 0.1) is 18.8 Å². The summed E-state index contributed by atoms with van der Waals surface area (Å²) in [6.07, 6.45) is 2.24. The van der Waals surface area contributed by atoms with Crippen molar-refractivity contribution in [1.82, 2.24) is 0 Å². The van der Waals surface area contributed by atoms with Crippen molar-refractivity contribution in [2.24, 2.45) is 17.3 Å². The molecule has 2 aliphatic heterocycles. The molecule has 1 aromatic carbocycles. The van der Waals surface area contributed by atoms with Crippen LogP contribution in [0.15, 0.2) is 12.1 Å². The molecule has 6 rings (SSSR count). The monoisotopic (exact) mass is 386 g/mol. The second-order valence-corrected chi connectivity index (χ2v) is 9.75. The van der Waals surface area contributed by atoms with E-state index < -0.39 is 18.9 Å². The molecule has 4 fully saturated rings. The fraction of sp³-hybridized carbons (Fsp3) is 0.667. The quantitative estimate of drug-likeness (QED) is 0.575. The van der Waals surface area contributed by atoms with Crippen LogP contribution < -0.4 is 14.9 Å². The average molecular weight is 386 g/mol. The first-order valence-electron chi connectivity index (χ1n) is 10.0. The first-order valence-corrected chi connectivity index (χ1v) is 10.0. The molecule has 0 amide bonds. The smallest absolute Gasteiger partial charge is 0.496 e. The molecule has 2 heterocycles. The Bertz CT molecular complexity index is 865. The zero-order chi connectivity index (χ0) is 20.1. The molecular weight excluding hydrogens is 359 g/mol. The van der Waals surface area contributed by atoms with Crippen LogP contribution in [-0.2, 0) is 14.0 Å². The summed E-state index contributed by atoms with van der Waals surface area (Å²) in [5.41, 5.74) is 0.938. The van der Waals surface area contributed by atoms with E-state index >= 15 is 0 Å². The lowest BCUT2D eigenvalue weighted by Gasteiger charge is -2.64. The van der Waals surface area contributed by atoms with Crippen molar-refractivity contribution in [3.63, 3.8) is 0 Å². The van der Waals surface area contributed by atoms with Crippen molar-refractivity contribution in [2.45, 2.75) is 65.0 Å². The summed E-state index contributed by atoms with van der Waals surface area (Å²) in [5, 5.41) is 0. The molecule has 0 radical (unpaired) electrons. The van der Waals surface area contributed by atoms with Crippen molar-refractivity contribution in [1.29, 1.82) is 0 Å². The fourth-order valence-corrected chi connectivity index (χ4v) is 5.78. The third-order valence-corrected chi connectivity index (χ3v) is 7.46. The van der Waals surface area contributed by atoms with Gasteiger partial charge in [-0.3, -0.25) is 0 Å². The number of carbonyl (C=O) groups is 1. The molecule has 2 bridgehead atoms. The molecule has 6 nitrogen and oxygen atoms in total. The molecule has 0 spiro atoms. The van der Waals surface area contributed by atoms with E-state index in [4.69, 9.17) is 23.5 Å². The predicted octanol–water partition coefficient (Wildman–Crippen LogP) is 2.92. The van der Waals surface area contributed by atoms with Crippen molar-refractivity contribution >= 4 is 18.6 Å². The third-order valence-electron chi connectivity index (χ3n) is 7.46. The third kappa shape index (κ3) is 2.26. The van der Waals surface area contributed by atoms with Gasteiger partial charge >= 0.3 is 13.1 Å². The van der Waals surface area contributed by atoms with Crippen molar-refractivity contribution in [3.05, 3.63) is 17.7 Å². The normalized spacial score (nSPS) is 36.6. The zero-order valence-electron chi connectivity index (χ0n) is 17.3. The van der Waals surface area contributed by atoms with Gasteiger partial charge in [-0.25, -0.2) is 4.79 Å². The number of cyclic esters (lactones) is 1. The number of benzene rings is 1. The van der Waals surface area contributed by atoms with E-state index in [1.807, 2.05) is 6.07 Å². The average Bonchev–Trinajstić information content (AvgIpc) is 2.96. The van der Waals surface area contributed by atoms with Gasteiger partial charge < -0.3 is 23.5 Å². The number of hydrogen-bond donors (Lipinski definition) is 0. The maximum atomic E-state index is 12.6. The molecule has 3 saturated carbocycles. The largest absolute Gasteiger partial charge is 0.498 e. The fourth-order valence-electron chi connectivity index (χ4n) is 5.78. The van der Waals surface area contributed by atoms with E-state index in [1.54, 1.807) is 19.9 Å². The Labute approximate surface area is 166 Å². The van der Waals surface area contributed by atoms with E-state index in [1.165, 1.54) is 13.5 Å². The number of rotatable bonds is 2. The van der Waals surface area contributed by atoms with Gasteiger partial charge in [-0.15, -0.1) is 0 Å². The summed E-state index contributed by atoms with van der Waals surface area (Å²) in [6.45, 7) is 10.3. The Kier molecular flexibility index (Phi) is 3.56. The van der Waals surface area contributed by atoms with Crippen LogP contribution in [0.4, 0.5) is 0 Å². The first kappa shape index (κ1) is 18.3. The lowest BCUT2D eigenvalue weighted by Crippen LogP contribution is -2.65. The first-order chi connectivity index (χ1) is 13.1. The molecule has 150 valence electrons. The Morgan fingerprint density at radius 3 is 2.54 bits per heavy atom. The summed E-state index contributed by atoms with van der Waals surface area (Å²) in [4.78, 5) is 12.6. The highest BCUT2D eigenvalue weighted by Crippen LogP contribution is 2.65. The number of hydrogen-bond acceptors (Lipinski definition) is 6. The molecule has 5 aliphatic rings. The van der Waals surface area contributed by atoms with Crippen LogP contribution in [0.2, 0.25) is 0 Å². The molecule has 0 aromatic heterocycles. The highest BCUT2D eigenvalue weighted by Gasteiger charge is 2.68. The molecule has 4 atom stereocenters. The summed E-state index contributed by atoms with van der Waals surface area (Å²) >= 11 is 0. The number of methoxy groups -OCH3 is 1. The van der Waals surface area contributed by atoms with Crippen molar-refractivity contribution in [3.8, 4) is 11.5 Å². The highest BCUT2D eigenvalue weighted by atomic mass is 16.7. The van der Waals surface area contributed by atoms with Gasteiger partial charge in [-0.05, 0) is 43.1 Å². The van der Waals surface area contributed by atoms with Gasteiger partial charge in [0.1, 0.15) is 17.1 Å². The standard InChI is InChI=1S/C21H27BO6/c1-19(2)11-9-14(19)21(5)15(10-11)27-22(28-21)12-7-8-13(24-6)16-17(12)25-20(3,4)26-18(16)23/h7-8,11,14-15H,9-10H2,1-6H3. The van der Waals surface area contributed by atoms with Crippen LogP contribution in [0.3, 0.4) is 0 Å². The van der Waals surface area contributed by atoms with E-state index in [2.05, 4.69) is 20.8 Å². The summed E-state index contributed by atoms with van der Waals surface area (Å²) in [6, 6.07) is 3.62.